The fourth-order valence-electron chi connectivity index (χ4n) is 3.12. The third-order valence-electron chi connectivity index (χ3n) is 4.35. The van der Waals surface area contributed by atoms with Crippen molar-refractivity contribution in [3.8, 4) is 0 Å². The average Bonchev–Trinajstić information content (AvgIpc) is 3.13. The van der Waals surface area contributed by atoms with Crippen LogP contribution >= 0.6 is 0 Å². The van der Waals surface area contributed by atoms with E-state index in [1.54, 1.807) is 0 Å². The van der Waals surface area contributed by atoms with Crippen molar-refractivity contribution in [1.82, 2.24) is 14.7 Å². The molecule has 2 heterocycles. The second kappa shape index (κ2) is 5.20. The van der Waals surface area contributed by atoms with E-state index in [1.165, 1.54) is 0 Å². The van der Waals surface area contributed by atoms with Gasteiger partial charge in [-0.3, -0.25) is 9.48 Å². The van der Waals surface area contributed by atoms with Crippen LogP contribution in [0, 0.1) is 0 Å². The van der Waals surface area contributed by atoms with Gasteiger partial charge in [-0.25, -0.2) is 0 Å². The predicted octanol–water partition coefficient (Wildman–Crippen LogP) is 2.01. The Morgan fingerprint density at radius 2 is 2.10 bits per heavy atom. The summed E-state index contributed by atoms with van der Waals surface area (Å²) >= 11 is 0. The Hall–Kier alpha value is -1.36. The van der Waals surface area contributed by atoms with Crippen LogP contribution in [-0.2, 0) is 4.79 Å². The van der Waals surface area contributed by atoms with Crippen molar-refractivity contribution in [2.24, 2.45) is 5.73 Å². The predicted molar refractivity (Wildman–Crippen MR) is 77.0 cm³/mol. The molecule has 5 nitrogen and oxygen atoms in total. The molecule has 2 atom stereocenters. The molecule has 1 aliphatic carbocycles. The molecule has 1 aliphatic heterocycles. The van der Waals surface area contributed by atoms with Gasteiger partial charge in [0, 0.05) is 36.3 Å². The number of carbonyl (C=O) groups is 1. The molecule has 5 heteroatoms. The molecular weight excluding hydrogens is 252 g/mol. The molecule has 110 valence electrons. The maximum absolute atomic E-state index is 12.4. The van der Waals surface area contributed by atoms with Crippen LogP contribution in [0.15, 0.2) is 12.4 Å². The molecule has 1 amide bonds. The van der Waals surface area contributed by atoms with Crippen LogP contribution < -0.4 is 5.73 Å². The van der Waals surface area contributed by atoms with Gasteiger partial charge in [0.1, 0.15) is 0 Å². The number of aromatic nitrogens is 2. The van der Waals surface area contributed by atoms with Gasteiger partial charge in [-0.1, -0.05) is 0 Å². The molecular formula is C15H24N4O. The summed E-state index contributed by atoms with van der Waals surface area (Å²) in [7, 11) is 0. The molecule has 2 fully saturated rings. The second-order valence-electron chi connectivity index (χ2n) is 6.38. The minimum absolute atomic E-state index is 0.00463. The molecule has 0 spiro atoms. The summed E-state index contributed by atoms with van der Waals surface area (Å²) in [5.41, 5.74) is 7.47. The number of amides is 1. The lowest BCUT2D eigenvalue weighted by atomic mass is 9.99. The van der Waals surface area contributed by atoms with E-state index in [9.17, 15) is 4.79 Å². The zero-order valence-corrected chi connectivity index (χ0v) is 12.3. The first-order valence-electron chi connectivity index (χ1n) is 7.68. The Morgan fingerprint density at radius 1 is 1.35 bits per heavy atom. The van der Waals surface area contributed by atoms with Crippen molar-refractivity contribution in [1.29, 1.82) is 0 Å². The fourth-order valence-corrected chi connectivity index (χ4v) is 3.12. The van der Waals surface area contributed by atoms with E-state index in [0.717, 1.165) is 31.2 Å². The number of hydrogen-bond acceptors (Lipinski definition) is 3. The van der Waals surface area contributed by atoms with E-state index >= 15 is 0 Å². The third-order valence-corrected chi connectivity index (χ3v) is 4.35. The van der Waals surface area contributed by atoms with Crippen LogP contribution in [0.4, 0.5) is 0 Å². The topological polar surface area (TPSA) is 64.2 Å². The Kier molecular flexibility index (Phi) is 3.54. The van der Waals surface area contributed by atoms with E-state index in [2.05, 4.69) is 30.0 Å². The molecule has 1 saturated heterocycles. The van der Waals surface area contributed by atoms with Crippen LogP contribution in [-0.4, -0.2) is 32.7 Å². The summed E-state index contributed by atoms with van der Waals surface area (Å²) in [6.07, 6.45) is 8.63. The smallest absolute Gasteiger partial charge is 0.223 e. The van der Waals surface area contributed by atoms with Crippen LogP contribution in [0.1, 0.15) is 63.6 Å². The number of rotatable bonds is 3. The summed E-state index contributed by atoms with van der Waals surface area (Å²) in [5, 5.41) is 4.42. The Balaban J connectivity index is 1.93. The largest absolute Gasteiger partial charge is 0.331 e. The monoisotopic (exact) mass is 276 g/mol. The van der Waals surface area contributed by atoms with E-state index < -0.39 is 0 Å². The van der Waals surface area contributed by atoms with Crippen molar-refractivity contribution >= 4 is 5.91 Å². The molecule has 1 aromatic heterocycles. The van der Waals surface area contributed by atoms with Crippen LogP contribution in [0.2, 0.25) is 0 Å². The zero-order chi connectivity index (χ0) is 14.3. The Bertz CT molecular complexity index is 492. The molecule has 2 unspecified atom stereocenters. The van der Waals surface area contributed by atoms with Crippen LogP contribution in [0.5, 0.6) is 0 Å². The molecule has 2 aliphatic rings. The number of carbonyl (C=O) groups excluding carboxylic acids is 1. The Labute approximate surface area is 120 Å². The van der Waals surface area contributed by atoms with Crippen molar-refractivity contribution in [2.75, 3.05) is 0 Å². The molecule has 1 aromatic rings. The normalized spacial score (nSPS) is 28.0. The highest BCUT2D eigenvalue weighted by Gasteiger charge is 2.42. The van der Waals surface area contributed by atoms with Gasteiger partial charge in [0.25, 0.3) is 0 Å². The first-order valence-corrected chi connectivity index (χ1v) is 7.68. The summed E-state index contributed by atoms with van der Waals surface area (Å²) in [6.45, 7) is 4.21. The molecule has 1 saturated carbocycles. The Morgan fingerprint density at radius 3 is 2.70 bits per heavy atom. The van der Waals surface area contributed by atoms with Gasteiger partial charge in [0.05, 0.1) is 12.2 Å². The minimum atomic E-state index is 0.00463. The van der Waals surface area contributed by atoms with Gasteiger partial charge >= 0.3 is 0 Å². The zero-order valence-electron chi connectivity index (χ0n) is 12.3. The number of likely N-dealkylation sites (tertiary alicyclic amines) is 1. The highest BCUT2D eigenvalue weighted by atomic mass is 16.2. The first kappa shape index (κ1) is 13.6. The van der Waals surface area contributed by atoms with Gasteiger partial charge in [-0.05, 0) is 39.5 Å². The first-order chi connectivity index (χ1) is 9.58. The van der Waals surface area contributed by atoms with Gasteiger partial charge in [-0.15, -0.1) is 0 Å². The lowest BCUT2D eigenvalue weighted by molar-refractivity contribution is -0.133. The van der Waals surface area contributed by atoms with Crippen LogP contribution in [0.3, 0.4) is 0 Å². The molecule has 0 aromatic carbocycles. The highest BCUT2D eigenvalue weighted by Crippen LogP contribution is 2.39. The summed E-state index contributed by atoms with van der Waals surface area (Å²) in [6, 6.07) is 0.756. The summed E-state index contributed by atoms with van der Waals surface area (Å²) in [5.74, 6) is 0.266. The average molecular weight is 276 g/mol. The van der Waals surface area contributed by atoms with Gasteiger partial charge in [0.15, 0.2) is 0 Å². The molecule has 2 N–H and O–H groups in total. The molecule has 0 radical (unpaired) electrons. The second-order valence-corrected chi connectivity index (χ2v) is 6.38. The number of hydrogen-bond donors (Lipinski definition) is 1. The lowest BCUT2D eigenvalue weighted by Gasteiger charge is -2.33. The quantitative estimate of drug-likeness (QED) is 0.918. The van der Waals surface area contributed by atoms with Crippen molar-refractivity contribution in [3.63, 3.8) is 0 Å². The lowest BCUT2D eigenvalue weighted by Crippen LogP contribution is -2.43. The van der Waals surface area contributed by atoms with E-state index in [0.29, 0.717) is 18.5 Å². The van der Waals surface area contributed by atoms with Crippen molar-refractivity contribution in [3.05, 3.63) is 18.0 Å². The standard InChI is InChI=1S/C15H24N4O/c1-10(2)18-9-11(8-17-18)15-13(16)4-3-5-14(20)19(15)12-6-7-12/h8-10,12-13,15H,3-7,16H2,1-2H3. The number of nitrogens with zero attached hydrogens (tertiary/aromatic N) is 3. The highest BCUT2D eigenvalue weighted by molar-refractivity contribution is 5.78. The molecule has 3 rings (SSSR count). The van der Waals surface area contributed by atoms with Crippen molar-refractivity contribution < 1.29 is 4.79 Å². The summed E-state index contributed by atoms with van der Waals surface area (Å²) in [4.78, 5) is 14.5. The summed E-state index contributed by atoms with van der Waals surface area (Å²) < 4.78 is 1.95. The molecule has 0 bridgehead atoms. The maximum Gasteiger partial charge on any atom is 0.223 e. The maximum atomic E-state index is 12.4. The SMILES string of the molecule is CC(C)n1cc(C2C(N)CCCC(=O)N2C2CC2)cn1. The minimum Gasteiger partial charge on any atom is -0.331 e. The number of nitrogens with two attached hydrogens (primary N) is 1. The van der Waals surface area contributed by atoms with Crippen LogP contribution in [0.25, 0.3) is 0 Å². The van der Waals surface area contributed by atoms with E-state index in [1.807, 2.05) is 10.9 Å². The van der Waals surface area contributed by atoms with Gasteiger partial charge < -0.3 is 10.6 Å². The van der Waals surface area contributed by atoms with Crippen molar-refractivity contribution in [2.45, 2.75) is 70.1 Å². The van der Waals surface area contributed by atoms with Gasteiger partial charge in [0.2, 0.25) is 5.91 Å². The van der Waals surface area contributed by atoms with E-state index in [-0.39, 0.29) is 18.0 Å². The van der Waals surface area contributed by atoms with E-state index in [4.69, 9.17) is 5.73 Å². The molecule has 20 heavy (non-hydrogen) atoms. The third kappa shape index (κ3) is 2.46. The van der Waals surface area contributed by atoms with Gasteiger partial charge in [-0.2, -0.15) is 5.10 Å². The fraction of sp³-hybridized carbons (Fsp3) is 0.733.